The van der Waals surface area contributed by atoms with E-state index >= 15 is 0 Å². The van der Waals surface area contributed by atoms with Crippen LogP contribution in [0.4, 0.5) is 4.39 Å². The fourth-order valence-corrected chi connectivity index (χ4v) is 2.11. The van der Waals surface area contributed by atoms with Crippen molar-refractivity contribution in [1.82, 2.24) is 10.6 Å². The van der Waals surface area contributed by atoms with Crippen molar-refractivity contribution in [3.05, 3.63) is 59.8 Å². The average molecular weight is 447 g/mol. The molecule has 0 aliphatic heterocycles. The fraction of sp³-hybridized carbons (Fsp3) is 0.353. The highest BCUT2D eigenvalue weighted by atomic mass is 127. The van der Waals surface area contributed by atoms with E-state index in [9.17, 15) is 9.50 Å². The number of guanidine groups is 1. The maximum Gasteiger partial charge on any atom is 0.191 e. The SMILES string of the molecule is CCNC(=NCC(O)c1ccco1)NCCc1ccccc1F.I. The third-order valence-electron chi connectivity index (χ3n) is 3.28. The predicted molar refractivity (Wildman–Crippen MR) is 103 cm³/mol. The van der Waals surface area contributed by atoms with Crippen LogP contribution in [-0.2, 0) is 6.42 Å². The first-order chi connectivity index (χ1) is 11.2. The summed E-state index contributed by atoms with van der Waals surface area (Å²) in [6.45, 7) is 3.38. The minimum Gasteiger partial charge on any atom is -0.467 e. The number of rotatable bonds is 7. The Kier molecular flexibility index (Phi) is 9.39. The van der Waals surface area contributed by atoms with Gasteiger partial charge in [0.2, 0.25) is 0 Å². The van der Waals surface area contributed by atoms with Gasteiger partial charge in [0.1, 0.15) is 17.7 Å². The number of aliphatic hydroxyl groups is 1. The van der Waals surface area contributed by atoms with Gasteiger partial charge in [0.05, 0.1) is 12.8 Å². The Balaban J connectivity index is 0.00000288. The molecule has 0 fully saturated rings. The zero-order valence-corrected chi connectivity index (χ0v) is 15.9. The molecule has 0 bridgehead atoms. The molecule has 0 amide bonds. The highest BCUT2D eigenvalue weighted by Crippen LogP contribution is 2.12. The topological polar surface area (TPSA) is 69.8 Å². The van der Waals surface area contributed by atoms with Crippen molar-refractivity contribution in [2.45, 2.75) is 19.4 Å². The van der Waals surface area contributed by atoms with Crippen LogP contribution >= 0.6 is 24.0 Å². The number of halogens is 2. The molecular weight excluding hydrogens is 424 g/mol. The summed E-state index contributed by atoms with van der Waals surface area (Å²) < 4.78 is 18.7. The van der Waals surface area contributed by atoms with E-state index in [1.54, 1.807) is 24.3 Å². The van der Waals surface area contributed by atoms with Gasteiger partial charge in [-0.25, -0.2) is 4.39 Å². The van der Waals surface area contributed by atoms with Gasteiger partial charge in [-0.3, -0.25) is 4.99 Å². The van der Waals surface area contributed by atoms with Crippen molar-refractivity contribution in [1.29, 1.82) is 0 Å². The minimum absolute atomic E-state index is 0. The minimum atomic E-state index is -0.785. The maximum absolute atomic E-state index is 13.6. The molecule has 0 radical (unpaired) electrons. The average Bonchev–Trinajstić information content (AvgIpc) is 3.08. The van der Waals surface area contributed by atoms with E-state index < -0.39 is 6.10 Å². The number of furan rings is 1. The summed E-state index contributed by atoms with van der Waals surface area (Å²) >= 11 is 0. The summed E-state index contributed by atoms with van der Waals surface area (Å²) in [6, 6.07) is 10.1. The van der Waals surface area contributed by atoms with Gasteiger partial charge in [-0.15, -0.1) is 24.0 Å². The normalized spacial score (nSPS) is 12.4. The van der Waals surface area contributed by atoms with Crippen molar-refractivity contribution >= 4 is 29.9 Å². The standard InChI is InChI=1S/C17H22FN3O2.HI/c1-2-19-17(21-12-15(22)16-8-5-11-23-16)20-10-9-13-6-3-4-7-14(13)18;/h3-8,11,15,22H,2,9-10,12H2,1H3,(H2,19,20,21);1H. The molecule has 1 heterocycles. The molecule has 5 nitrogen and oxygen atoms in total. The van der Waals surface area contributed by atoms with Gasteiger partial charge >= 0.3 is 0 Å². The lowest BCUT2D eigenvalue weighted by molar-refractivity contribution is 0.158. The predicted octanol–water partition coefficient (Wildman–Crippen LogP) is 2.87. The van der Waals surface area contributed by atoms with Crippen LogP contribution in [0.1, 0.15) is 24.4 Å². The second-order valence-corrected chi connectivity index (χ2v) is 5.02. The number of hydrogen-bond acceptors (Lipinski definition) is 3. The zero-order valence-electron chi connectivity index (χ0n) is 13.5. The van der Waals surface area contributed by atoms with Gasteiger partial charge in [-0.2, -0.15) is 0 Å². The molecule has 1 aromatic carbocycles. The van der Waals surface area contributed by atoms with Crippen LogP contribution in [-0.4, -0.2) is 30.7 Å². The Morgan fingerprint density at radius 1 is 1.25 bits per heavy atom. The van der Waals surface area contributed by atoms with E-state index in [-0.39, 0.29) is 36.3 Å². The van der Waals surface area contributed by atoms with Crippen LogP contribution in [0.15, 0.2) is 52.1 Å². The lowest BCUT2D eigenvalue weighted by Gasteiger charge is -2.12. The van der Waals surface area contributed by atoms with Crippen LogP contribution in [0.5, 0.6) is 0 Å². The summed E-state index contributed by atoms with van der Waals surface area (Å²) in [5, 5.41) is 16.2. The number of benzene rings is 1. The van der Waals surface area contributed by atoms with E-state index in [4.69, 9.17) is 4.42 Å². The maximum atomic E-state index is 13.6. The van der Waals surface area contributed by atoms with E-state index in [1.165, 1.54) is 12.3 Å². The Labute approximate surface area is 158 Å². The number of nitrogens with one attached hydrogen (secondary N) is 2. The first kappa shape index (κ1) is 20.4. The lowest BCUT2D eigenvalue weighted by Crippen LogP contribution is -2.38. The van der Waals surface area contributed by atoms with Gasteiger partial charge in [0.25, 0.3) is 0 Å². The summed E-state index contributed by atoms with van der Waals surface area (Å²) in [5.41, 5.74) is 0.659. The Bertz CT molecular complexity index is 620. The highest BCUT2D eigenvalue weighted by molar-refractivity contribution is 14.0. The van der Waals surface area contributed by atoms with Crippen LogP contribution in [0.2, 0.25) is 0 Å². The largest absolute Gasteiger partial charge is 0.467 e. The number of aliphatic hydroxyl groups excluding tert-OH is 1. The van der Waals surface area contributed by atoms with Crippen LogP contribution in [0.25, 0.3) is 0 Å². The summed E-state index contributed by atoms with van der Waals surface area (Å²) in [5.74, 6) is 0.856. The van der Waals surface area contributed by atoms with Gasteiger partial charge in [0, 0.05) is 13.1 Å². The second-order valence-electron chi connectivity index (χ2n) is 5.02. The number of aliphatic imine (C=N–C) groups is 1. The van der Waals surface area contributed by atoms with Crippen molar-refractivity contribution in [3.8, 4) is 0 Å². The first-order valence-corrected chi connectivity index (χ1v) is 7.67. The molecule has 132 valence electrons. The second kappa shape index (κ2) is 11.0. The Morgan fingerprint density at radius 3 is 2.71 bits per heavy atom. The molecule has 0 spiro atoms. The summed E-state index contributed by atoms with van der Waals surface area (Å²) in [6.07, 6.45) is 1.28. The third-order valence-corrected chi connectivity index (χ3v) is 3.28. The van der Waals surface area contributed by atoms with Crippen LogP contribution in [0.3, 0.4) is 0 Å². The summed E-state index contributed by atoms with van der Waals surface area (Å²) in [7, 11) is 0. The van der Waals surface area contributed by atoms with Gasteiger partial charge in [-0.05, 0) is 37.1 Å². The molecule has 2 aromatic rings. The van der Waals surface area contributed by atoms with Crippen molar-refractivity contribution < 1.29 is 13.9 Å². The molecule has 1 aromatic heterocycles. The fourth-order valence-electron chi connectivity index (χ4n) is 2.11. The van der Waals surface area contributed by atoms with E-state index in [0.717, 1.165) is 0 Å². The smallest absolute Gasteiger partial charge is 0.191 e. The zero-order chi connectivity index (χ0) is 16.5. The third kappa shape index (κ3) is 6.48. The monoisotopic (exact) mass is 447 g/mol. The van der Waals surface area contributed by atoms with Crippen molar-refractivity contribution in [3.63, 3.8) is 0 Å². The molecule has 1 unspecified atom stereocenters. The van der Waals surface area contributed by atoms with E-state index in [1.807, 2.05) is 13.0 Å². The van der Waals surface area contributed by atoms with E-state index in [0.29, 0.717) is 36.8 Å². The first-order valence-electron chi connectivity index (χ1n) is 7.67. The molecule has 3 N–H and O–H groups in total. The lowest BCUT2D eigenvalue weighted by atomic mass is 10.1. The molecule has 0 saturated heterocycles. The van der Waals surface area contributed by atoms with Crippen LogP contribution in [0, 0.1) is 5.82 Å². The Hall–Kier alpha value is -1.61. The molecular formula is C17H23FIN3O2. The molecule has 24 heavy (non-hydrogen) atoms. The van der Waals surface area contributed by atoms with Crippen LogP contribution < -0.4 is 10.6 Å². The molecule has 2 rings (SSSR count). The number of hydrogen-bond donors (Lipinski definition) is 3. The van der Waals surface area contributed by atoms with Gasteiger partial charge in [-0.1, -0.05) is 18.2 Å². The Morgan fingerprint density at radius 2 is 2.04 bits per heavy atom. The summed E-state index contributed by atoms with van der Waals surface area (Å²) in [4.78, 5) is 4.31. The molecule has 0 saturated carbocycles. The van der Waals surface area contributed by atoms with Crippen molar-refractivity contribution in [2.75, 3.05) is 19.6 Å². The molecule has 7 heteroatoms. The van der Waals surface area contributed by atoms with E-state index in [2.05, 4.69) is 15.6 Å². The quantitative estimate of drug-likeness (QED) is 0.347. The van der Waals surface area contributed by atoms with Gasteiger partial charge < -0.3 is 20.2 Å². The molecule has 0 aliphatic carbocycles. The highest BCUT2D eigenvalue weighted by Gasteiger charge is 2.10. The van der Waals surface area contributed by atoms with Crippen molar-refractivity contribution in [2.24, 2.45) is 4.99 Å². The molecule has 0 aliphatic rings. The number of nitrogens with zero attached hydrogens (tertiary/aromatic N) is 1. The van der Waals surface area contributed by atoms with Gasteiger partial charge in [0.15, 0.2) is 5.96 Å². The molecule has 1 atom stereocenters.